The molecule has 1 saturated carbocycles. The van der Waals surface area contributed by atoms with Gasteiger partial charge in [-0.15, -0.1) is 0 Å². The molecule has 0 bridgehead atoms. The van der Waals surface area contributed by atoms with Crippen LogP contribution in [0.3, 0.4) is 0 Å². The Morgan fingerprint density at radius 3 is 2.81 bits per heavy atom. The fourth-order valence-electron chi connectivity index (χ4n) is 2.60. The molecule has 116 valence electrons. The highest BCUT2D eigenvalue weighted by atomic mass is 16.3. The number of aromatic nitrogens is 1. The molecule has 6 nitrogen and oxygen atoms in total. The average molecular weight is 293 g/mol. The number of nitrogens with zero attached hydrogens (tertiary/aromatic N) is 1. The van der Waals surface area contributed by atoms with Crippen LogP contribution in [0, 0.1) is 0 Å². The normalized spacial score (nSPS) is 17.2. The molecule has 1 aliphatic rings. The van der Waals surface area contributed by atoms with Crippen molar-refractivity contribution in [2.45, 2.75) is 50.8 Å². The summed E-state index contributed by atoms with van der Waals surface area (Å²) in [6, 6.07) is 4.82. The molecule has 3 N–H and O–H groups in total. The first kappa shape index (κ1) is 15.6. The summed E-state index contributed by atoms with van der Waals surface area (Å²) in [7, 11) is 0. The quantitative estimate of drug-likeness (QED) is 0.752. The number of urea groups is 1. The highest BCUT2D eigenvalue weighted by Crippen LogP contribution is 2.17. The van der Waals surface area contributed by atoms with Crippen molar-refractivity contribution >= 4 is 6.03 Å². The summed E-state index contributed by atoms with van der Waals surface area (Å²) < 4.78 is 1.42. The molecular formula is C15H23N3O3. The van der Waals surface area contributed by atoms with Gasteiger partial charge in [0.15, 0.2) is 0 Å². The molecule has 0 aromatic carbocycles. The summed E-state index contributed by atoms with van der Waals surface area (Å²) in [4.78, 5) is 23.2. The topological polar surface area (TPSA) is 83.4 Å². The number of aliphatic hydroxyl groups excluding tert-OH is 1. The van der Waals surface area contributed by atoms with Gasteiger partial charge in [-0.05, 0) is 18.9 Å². The molecule has 0 saturated heterocycles. The maximum absolute atomic E-state index is 11.7. The van der Waals surface area contributed by atoms with Crippen molar-refractivity contribution in [2.75, 3.05) is 6.54 Å². The van der Waals surface area contributed by atoms with E-state index >= 15 is 0 Å². The van der Waals surface area contributed by atoms with Crippen LogP contribution in [0.5, 0.6) is 0 Å². The van der Waals surface area contributed by atoms with E-state index < -0.39 is 6.10 Å². The predicted molar refractivity (Wildman–Crippen MR) is 80.1 cm³/mol. The minimum Gasteiger partial charge on any atom is -0.389 e. The zero-order valence-electron chi connectivity index (χ0n) is 12.1. The molecule has 2 rings (SSSR count). The van der Waals surface area contributed by atoms with Crippen LogP contribution >= 0.6 is 0 Å². The SMILES string of the molecule is O=C(NCC(O)Cn1ccccc1=O)NC1CCCCC1. The molecule has 1 aromatic heterocycles. The second-order valence-corrected chi connectivity index (χ2v) is 5.53. The number of carbonyl (C=O) groups excluding carboxylic acids is 1. The van der Waals surface area contributed by atoms with Gasteiger partial charge in [0, 0.05) is 24.8 Å². The van der Waals surface area contributed by atoms with Crippen LogP contribution in [0.2, 0.25) is 0 Å². The zero-order chi connectivity index (χ0) is 15.1. The van der Waals surface area contributed by atoms with Crippen LogP contribution in [0.15, 0.2) is 29.2 Å². The van der Waals surface area contributed by atoms with E-state index in [4.69, 9.17) is 0 Å². The molecule has 21 heavy (non-hydrogen) atoms. The number of rotatable bonds is 5. The number of pyridine rings is 1. The first-order valence-corrected chi connectivity index (χ1v) is 7.53. The maximum atomic E-state index is 11.7. The van der Waals surface area contributed by atoms with Crippen molar-refractivity contribution in [3.8, 4) is 0 Å². The van der Waals surface area contributed by atoms with Crippen molar-refractivity contribution < 1.29 is 9.90 Å². The summed E-state index contributed by atoms with van der Waals surface area (Å²) in [6.45, 7) is 0.295. The van der Waals surface area contributed by atoms with Crippen LogP contribution in [0.25, 0.3) is 0 Å². The number of amides is 2. The van der Waals surface area contributed by atoms with Crippen molar-refractivity contribution in [1.29, 1.82) is 0 Å². The highest BCUT2D eigenvalue weighted by Gasteiger charge is 2.16. The third kappa shape index (κ3) is 5.23. The molecular weight excluding hydrogens is 270 g/mol. The zero-order valence-corrected chi connectivity index (χ0v) is 12.1. The second kappa shape index (κ2) is 7.83. The Balaban J connectivity index is 1.70. The first-order chi connectivity index (χ1) is 10.1. The molecule has 1 atom stereocenters. The molecule has 1 aromatic rings. The van der Waals surface area contributed by atoms with Gasteiger partial charge in [-0.1, -0.05) is 25.3 Å². The fourth-order valence-corrected chi connectivity index (χ4v) is 2.60. The van der Waals surface area contributed by atoms with Gasteiger partial charge < -0.3 is 20.3 Å². The molecule has 0 aliphatic heterocycles. The Morgan fingerprint density at radius 1 is 1.33 bits per heavy atom. The van der Waals surface area contributed by atoms with Crippen LogP contribution in [-0.2, 0) is 6.54 Å². The first-order valence-electron chi connectivity index (χ1n) is 7.53. The molecule has 1 unspecified atom stereocenters. The van der Waals surface area contributed by atoms with Gasteiger partial charge in [-0.25, -0.2) is 4.79 Å². The lowest BCUT2D eigenvalue weighted by Crippen LogP contribution is -2.46. The smallest absolute Gasteiger partial charge is 0.315 e. The van der Waals surface area contributed by atoms with Crippen molar-refractivity contribution in [3.05, 3.63) is 34.7 Å². The van der Waals surface area contributed by atoms with Gasteiger partial charge in [0.25, 0.3) is 5.56 Å². The predicted octanol–water partition coefficient (Wildman–Crippen LogP) is 0.841. The van der Waals surface area contributed by atoms with Crippen LogP contribution in [0.4, 0.5) is 4.79 Å². The lowest BCUT2D eigenvalue weighted by atomic mass is 9.96. The van der Waals surface area contributed by atoms with Gasteiger partial charge in [0.2, 0.25) is 0 Å². The number of hydrogen-bond donors (Lipinski definition) is 3. The van der Waals surface area contributed by atoms with E-state index in [1.54, 1.807) is 18.3 Å². The average Bonchev–Trinajstić information content (AvgIpc) is 2.49. The van der Waals surface area contributed by atoms with E-state index in [-0.39, 0.29) is 30.7 Å². The molecule has 2 amide bonds. The second-order valence-electron chi connectivity index (χ2n) is 5.53. The lowest BCUT2D eigenvalue weighted by molar-refractivity contribution is 0.149. The van der Waals surface area contributed by atoms with Crippen molar-refractivity contribution in [3.63, 3.8) is 0 Å². The van der Waals surface area contributed by atoms with E-state index in [2.05, 4.69) is 10.6 Å². The third-order valence-electron chi connectivity index (χ3n) is 3.75. The Bertz CT molecular complexity index is 509. The maximum Gasteiger partial charge on any atom is 0.315 e. The van der Waals surface area contributed by atoms with Gasteiger partial charge in [0.1, 0.15) is 0 Å². The molecule has 1 fully saturated rings. The van der Waals surface area contributed by atoms with Gasteiger partial charge in [-0.2, -0.15) is 0 Å². The standard InChI is InChI=1S/C15H23N3O3/c19-13(11-18-9-5-4-8-14(18)20)10-16-15(21)17-12-6-2-1-3-7-12/h4-5,8-9,12-13,19H,1-3,6-7,10-11H2,(H2,16,17,21). The van der Waals surface area contributed by atoms with E-state index in [0.29, 0.717) is 0 Å². The minimum absolute atomic E-state index is 0.125. The third-order valence-corrected chi connectivity index (χ3v) is 3.75. The van der Waals surface area contributed by atoms with Crippen LogP contribution in [-0.4, -0.2) is 34.4 Å². The highest BCUT2D eigenvalue weighted by molar-refractivity contribution is 5.74. The van der Waals surface area contributed by atoms with Gasteiger partial charge in [-0.3, -0.25) is 4.79 Å². The molecule has 1 heterocycles. The van der Waals surface area contributed by atoms with E-state index in [9.17, 15) is 14.7 Å². The molecule has 0 radical (unpaired) electrons. The van der Waals surface area contributed by atoms with Gasteiger partial charge in [0.05, 0.1) is 12.6 Å². The summed E-state index contributed by atoms with van der Waals surface area (Å²) in [5, 5.41) is 15.5. The molecule has 1 aliphatic carbocycles. The lowest BCUT2D eigenvalue weighted by Gasteiger charge is -2.23. The number of nitrogens with one attached hydrogen (secondary N) is 2. The van der Waals surface area contributed by atoms with Crippen molar-refractivity contribution in [1.82, 2.24) is 15.2 Å². The summed E-state index contributed by atoms with van der Waals surface area (Å²) in [6.07, 6.45) is 6.43. The largest absolute Gasteiger partial charge is 0.389 e. The van der Waals surface area contributed by atoms with E-state index in [0.717, 1.165) is 25.7 Å². The number of hydrogen-bond acceptors (Lipinski definition) is 3. The van der Waals surface area contributed by atoms with Gasteiger partial charge >= 0.3 is 6.03 Å². The van der Waals surface area contributed by atoms with E-state index in [1.807, 2.05) is 0 Å². The Kier molecular flexibility index (Phi) is 5.80. The number of aliphatic hydroxyl groups is 1. The Morgan fingerprint density at radius 2 is 2.10 bits per heavy atom. The summed E-state index contributed by atoms with van der Waals surface area (Å²) in [5.74, 6) is 0. The molecule has 0 spiro atoms. The monoisotopic (exact) mass is 293 g/mol. The number of carbonyl (C=O) groups is 1. The van der Waals surface area contributed by atoms with E-state index in [1.165, 1.54) is 17.1 Å². The summed E-state index contributed by atoms with van der Waals surface area (Å²) in [5.41, 5.74) is -0.164. The van der Waals surface area contributed by atoms with Crippen LogP contribution < -0.4 is 16.2 Å². The van der Waals surface area contributed by atoms with Crippen LogP contribution in [0.1, 0.15) is 32.1 Å². The fraction of sp³-hybridized carbons (Fsp3) is 0.600. The molecule has 6 heteroatoms. The van der Waals surface area contributed by atoms with Crippen molar-refractivity contribution in [2.24, 2.45) is 0 Å². The minimum atomic E-state index is -0.790. The Hall–Kier alpha value is -1.82. The summed E-state index contributed by atoms with van der Waals surface area (Å²) >= 11 is 0. The Labute approximate surface area is 124 Å².